The molecule has 3 rings (SSSR count). The Balaban J connectivity index is 1.93. The molecule has 6 atom stereocenters. The number of ether oxygens (including phenoxy) is 2. The minimum Gasteiger partial charge on any atom is -0.508 e. The summed E-state index contributed by atoms with van der Waals surface area (Å²) in [4.78, 5) is 74.7. The van der Waals surface area contributed by atoms with Gasteiger partial charge >= 0.3 is 11.9 Å². The van der Waals surface area contributed by atoms with E-state index in [1.54, 1.807) is 31.1 Å². The summed E-state index contributed by atoms with van der Waals surface area (Å²) in [5.41, 5.74) is 4.63. The molecule has 0 bridgehead atoms. The van der Waals surface area contributed by atoms with E-state index in [0.29, 0.717) is 18.4 Å². The third-order valence-electron chi connectivity index (χ3n) is 11.0. The third kappa shape index (κ3) is 13.0. The van der Waals surface area contributed by atoms with Crippen molar-refractivity contribution in [3.63, 3.8) is 0 Å². The van der Waals surface area contributed by atoms with Crippen molar-refractivity contribution in [1.82, 2.24) is 14.7 Å². The van der Waals surface area contributed by atoms with Crippen LogP contribution < -0.4 is 0 Å². The van der Waals surface area contributed by atoms with E-state index in [9.17, 15) is 29.1 Å². The first-order valence-electron chi connectivity index (χ1n) is 19.8. The molecule has 0 aromatic heterocycles. The number of amides is 2. The van der Waals surface area contributed by atoms with Gasteiger partial charge in [-0.25, -0.2) is 4.79 Å². The predicted molar refractivity (Wildman–Crippen MR) is 221 cm³/mol. The van der Waals surface area contributed by atoms with Crippen LogP contribution in [0.4, 0.5) is 0 Å². The maximum absolute atomic E-state index is 14.6. The molecule has 11 nitrogen and oxygen atoms in total. The lowest BCUT2D eigenvalue weighted by atomic mass is 9.85. The fourth-order valence-electron chi connectivity index (χ4n) is 6.79. The molecule has 0 aliphatic rings. The number of Topliss-reactive ketones (excluding diaryl/α,β-unsaturated/α-hetero) is 1. The molecule has 2 amide bonds. The van der Waals surface area contributed by atoms with E-state index in [-0.39, 0.29) is 42.6 Å². The van der Waals surface area contributed by atoms with Crippen molar-refractivity contribution in [2.45, 2.75) is 97.9 Å². The van der Waals surface area contributed by atoms with E-state index in [4.69, 9.17) is 9.47 Å². The standard InChI is InChI=1S/C46H63N3O8/c1-12-32(6)42(57-46(55)39(47(7)8)26-33-17-13-30(4)14-18-33)41(51)28-37(29(2)3)43(52)48(9)38(25-35-21-23-36(50)24-22-35)44(53)49(10)40(45(54)56-11)27-34-19-15-31(5)16-20-34/h13-24,29,32,37-40,42,50H,12,25-28H2,1-11H3/t32-,37-,38-,39+,40-,42-/m0/s1. The van der Waals surface area contributed by atoms with E-state index < -0.39 is 53.9 Å². The van der Waals surface area contributed by atoms with Crippen LogP contribution in [0.25, 0.3) is 0 Å². The average Bonchev–Trinajstić information content (AvgIpc) is 3.19. The van der Waals surface area contributed by atoms with Gasteiger partial charge in [0.2, 0.25) is 11.8 Å². The van der Waals surface area contributed by atoms with E-state index >= 15 is 0 Å². The van der Waals surface area contributed by atoms with Gasteiger partial charge in [-0.3, -0.25) is 24.1 Å². The Morgan fingerprint density at radius 2 is 1.07 bits per heavy atom. The molecule has 0 aliphatic heterocycles. The molecule has 0 spiro atoms. The normalized spacial score (nSPS) is 14.5. The van der Waals surface area contributed by atoms with Gasteiger partial charge in [0.1, 0.15) is 23.9 Å². The number of rotatable bonds is 20. The number of phenols is 1. The summed E-state index contributed by atoms with van der Waals surface area (Å²) < 4.78 is 11.2. The van der Waals surface area contributed by atoms with Crippen LogP contribution in [0.15, 0.2) is 72.8 Å². The van der Waals surface area contributed by atoms with Crippen LogP contribution in [0, 0.1) is 31.6 Å². The highest BCUT2D eigenvalue weighted by Crippen LogP contribution is 2.26. The molecule has 57 heavy (non-hydrogen) atoms. The van der Waals surface area contributed by atoms with Crippen molar-refractivity contribution < 1.29 is 38.6 Å². The van der Waals surface area contributed by atoms with Crippen LogP contribution in [0.2, 0.25) is 0 Å². The number of esters is 2. The molecule has 0 radical (unpaired) electrons. The van der Waals surface area contributed by atoms with Crippen LogP contribution in [0.1, 0.15) is 68.4 Å². The van der Waals surface area contributed by atoms with E-state index in [0.717, 1.165) is 22.3 Å². The molecule has 11 heteroatoms. The quantitative estimate of drug-likeness (QED) is 0.137. The lowest BCUT2D eigenvalue weighted by Gasteiger charge is -2.36. The lowest BCUT2D eigenvalue weighted by molar-refractivity contribution is -0.163. The Hall–Kier alpha value is -5.03. The van der Waals surface area contributed by atoms with Gasteiger partial charge in [0.15, 0.2) is 11.9 Å². The summed E-state index contributed by atoms with van der Waals surface area (Å²) in [7, 11) is 7.92. The number of carbonyl (C=O) groups excluding carboxylic acids is 5. The molecule has 0 aliphatic carbocycles. The number of hydrogen-bond donors (Lipinski definition) is 1. The molecular weight excluding hydrogens is 723 g/mol. The summed E-state index contributed by atoms with van der Waals surface area (Å²) in [5.74, 6) is -3.85. The number of likely N-dealkylation sites (N-methyl/N-ethyl adjacent to an activating group) is 3. The fraction of sp³-hybridized carbons (Fsp3) is 0.500. The van der Waals surface area contributed by atoms with Crippen molar-refractivity contribution in [2.24, 2.45) is 17.8 Å². The molecule has 0 fully saturated rings. The highest BCUT2D eigenvalue weighted by Gasteiger charge is 2.40. The number of carbonyl (C=O) groups is 5. The van der Waals surface area contributed by atoms with Crippen LogP contribution in [0.3, 0.4) is 0 Å². The monoisotopic (exact) mass is 785 g/mol. The van der Waals surface area contributed by atoms with E-state index in [2.05, 4.69) is 0 Å². The Morgan fingerprint density at radius 3 is 1.51 bits per heavy atom. The summed E-state index contributed by atoms with van der Waals surface area (Å²) in [5, 5.41) is 9.95. The number of aromatic hydroxyl groups is 1. The Morgan fingerprint density at radius 1 is 0.632 bits per heavy atom. The van der Waals surface area contributed by atoms with Crippen molar-refractivity contribution in [3.8, 4) is 5.75 Å². The minimum absolute atomic E-state index is 0.0500. The number of hydrogen-bond acceptors (Lipinski definition) is 9. The van der Waals surface area contributed by atoms with Gasteiger partial charge in [0.05, 0.1) is 7.11 Å². The van der Waals surface area contributed by atoms with Gasteiger partial charge in [0, 0.05) is 45.2 Å². The topological polar surface area (TPSA) is 134 Å². The number of nitrogens with zero attached hydrogens (tertiary/aromatic N) is 3. The molecule has 0 unspecified atom stereocenters. The van der Waals surface area contributed by atoms with Gasteiger partial charge in [-0.15, -0.1) is 0 Å². The van der Waals surface area contributed by atoms with Gasteiger partial charge in [0.25, 0.3) is 0 Å². The zero-order chi connectivity index (χ0) is 42.6. The first-order valence-corrected chi connectivity index (χ1v) is 19.8. The molecule has 310 valence electrons. The minimum atomic E-state index is -1.08. The van der Waals surface area contributed by atoms with Crippen LogP contribution in [0.5, 0.6) is 5.75 Å². The molecule has 1 N–H and O–H groups in total. The average molecular weight is 786 g/mol. The van der Waals surface area contributed by atoms with Gasteiger partial charge in [-0.05, 0) is 75.5 Å². The molecule has 0 saturated carbocycles. The molecular formula is C46H63N3O8. The number of aryl methyl sites for hydroxylation is 2. The predicted octanol–water partition coefficient (Wildman–Crippen LogP) is 5.98. The second-order valence-electron chi connectivity index (χ2n) is 15.9. The zero-order valence-electron chi connectivity index (χ0n) is 35.7. The molecule has 3 aromatic rings. The molecule has 3 aromatic carbocycles. The van der Waals surface area contributed by atoms with Gasteiger partial charge < -0.3 is 24.4 Å². The van der Waals surface area contributed by atoms with Crippen molar-refractivity contribution in [1.29, 1.82) is 0 Å². The maximum atomic E-state index is 14.6. The summed E-state index contributed by atoms with van der Waals surface area (Å²) in [6.07, 6.45) is -0.0562. The summed E-state index contributed by atoms with van der Waals surface area (Å²) >= 11 is 0. The second-order valence-corrected chi connectivity index (χ2v) is 15.9. The maximum Gasteiger partial charge on any atom is 0.328 e. The first kappa shape index (κ1) is 46.4. The third-order valence-corrected chi connectivity index (χ3v) is 11.0. The Kier molecular flexibility index (Phi) is 17.5. The van der Waals surface area contributed by atoms with Crippen LogP contribution >= 0.6 is 0 Å². The number of methoxy groups -OCH3 is 1. The van der Waals surface area contributed by atoms with Crippen molar-refractivity contribution in [2.75, 3.05) is 35.3 Å². The Labute approximate surface area is 339 Å². The zero-order valence-corrected chi connectivity index (χ0v) is 35.7. The van der Waals surface area contributed by atoms with Crippen LogP contribution in [-0.2, 0) is 52.7 Å². The Bertz CT molecular complexity index is 1790. The van der Waals surface area contributed by atoms with E-state index in [1.165, 1.54) is 43.1 Å². The second kappa shape index (κ2) is 21.5. The molecule has 0 saturated heterocycles. The highest BCUT2D eigenvalue weighted by atomic mass is 16.5. The highest BCUT2D eigenvalue weighted by molar-refractivity contribution is 5.94. The number of ketones is 1. The number of phenolic OH excluding ortho intramolecular Hbond substituents is 1. The molecule has 0 heterocycles. The smallest absolute Gasteiger partial charge is 0.328 e. The SMILES string of the molecule is CC[C@H](C)[C@H](OC(=O)[C@@H](Cc1ccc(C)cc1)N(C)C)C(=O)C[C@H](C(=O)N(C)[C@@H](Cc1ccc(O)cc1)C(=O)N(C)[C@@H](Cc1ccc(C)cc1)C(=O)OC)C(C)C. The summed E-state index contributed by atoms with van der Waals surface area (Å²) in [6.45, 7) is 11.4. The lowest BCUT2D eigenvalue weighted by Crippen LogP contribution is -2.55. The number of benzene rings is 3. The van der Waals surface area contributed by atoms with Gasteiger partial charge in [-0.2, -0.15) is 0 Å². The van der Waals surface area contributed by atoms with Gasteiger partial charge in [-0.1, -0.05) is 99.5 Å². The summed E-state index contributed by atoms with van der Waals surface area (Å²) in [6, 6.07) is 19.2. The largest absolute Gasteiger partial charge is 0.508 e. The van der Waals surface area contributed by atoms with Crippen molar-refractivity contribution >= 4 is 29.5 Å². The van der Waals surface area contributed by atoms with Crippen molar-refractivity contribution in [3.05, 3.63) is 101 Å². The first-order chi connectivity index (χ1) is 26.9. The van der Waals surface area contributed by atoms with Crippen LogP contribution in [-0.4, -0.2) is 109 Å². The fourth-order valence-corrected chi connectivity index (χ4v) is 6.79. The van der Waals surface area contributed by atoms with E-state index in [1.807, 2.05) is 90.1 Å².